The zero-order valence-electron chi connectivity index (χ0n) is 17.3. The van der Waals surface area contributed by atoms with Crippen molar-refractivity contribution in [2.45, 2.75) is 25.4 Å². The van der Waals surface area contributed by atoms with Crippen molar-refractivity contribution in [3.8, 4) is 5.75 Å². The van der Waals surface area contributed by atoms with Gasteiger partial charge >= 0.3 is 0 Å². The number of aliphatic hydroxyl groups excluding tert-OH is 1. The van der Waals surface area contributed by atoms with Crippen LogP contribution in [0.5, 0.6) is 5.75 Å². The number of benzene rings is 2. The summed E-state index contributed by atoms with van der Waals surface area (Å²) in [6.45, 7) is 2.27. The molecule has 0 aromatic heterocycles. The van der Waals surface area contributed by atoms with Crippen molar-refractivity contribution >= 4 is 43.2 Å². The molecular weight excluding hydrogens is 498 g/mol. The van der Waals surface area contributed by atoms with Crippen molar-refractivity contribution in [1.82, 2.24) is 4.90 Å². The predicted molar refractivity (Wildman–Crippen MR) is 123 cm³/mol. The molecule has 2 saturated heterocycles. The molecule has 0 spiro atoms. The number of amides is 1. The highest BCUT2D eigenvalue weighted by atomic mass is 79.9. The molecule has 7 nitrogen and oxygen atoms in total. The Bertz CT molecular complexity index is 1210. The quantitative estimate of drug-likeness (QED) is 0.368. The van der Waals surface area contributed by atoms with E-state index in [4.69, 9.17) is 4.74 Å². The van der Waals surface area contributed by atoms with Crippen LogP contribution < -0.4 is 4.74 Å². The Kier molecular flexibility index (Phi) is 6.13. The van der Waals surface area contributed by atoms with E-state index in [-0.39, 0.29) is 29.3 Å². The lowest BCUT2D eigenvalue weighted by Gasteiger charge is -2.30. The summed E-state index contributed by atoms with van der Waals surface area (Å²) in [6.07, 6.45) is 0.252. The predicted octanol–water partition coefficient (Wildman–Crippen LogP) is 3.46. The van der Waals surface area contributed by atoms with Crippen LogP contribution in [0.15, 0.2) is 58.6 Å². The average molecular weight is 520 g/mol. The Morgan fingerprint density at radius 1 is 1.19 bits per heavy atom. The number of ether oxygens (including phenoxy) is 1. The first-order chi connectivity index (χ1) is 15.2. The molecule has 2 atom stereocenters. The van der Waals surface area contributed by atoms with Gasteiger partial charge < -0.3 is 14.7 Å². The monoisotopic (exact) mass is 519 g/mol. The van der Waals surface area contributed by atoms with Crippen molar-refractivity contribution in [1.29, 1.82) is 0 Å². The number of rotatable bonds is 5. The third kappa shape index (κ3) is 4.19. The van der Waals surface area contributed by atoms with E-state index in [1.165, 1.54) is 4.90 Å². The van der Waals surface area contributed by atoms with Crippen LogP contribution in [0.3, 0.4) is 0 Å². The maximum Gasteiger partial charge on any atom is 0.295 e. The van der Waals surface area contributed by atoms with E-state index in [1.54, 1.807) is 48.5 Å². The number of carbonyl (C=O) groups is 2. The molecule has 0 saturated carbocycles. The van der Waals surface area contributed by atoms with Crippen molar-refractivity contribution in [2.24, 2.45) is 0 Å². The maximum absolute atomic E-state index is 13.1. The topological polar surface area (TPSA) is 101 Å². The lowest BCUT2D eigenvalue weighted by molar-refractivity contribution is -0.141. The lowest BCUT2D eigenvalue weighted by atomic mass is 9.94. The first-order valence-corrected chi connectivity index (χ1v) is 12.8. The van der Waals surface area contributed by atoms with Crippen LogP contribution in [0, 0.1) is 0 Å². The van der Waals surface area contributed by atoms with E-state index in [1.807, 2.05) is 6.92 Å². The van der Waals surface area contributed by atoms with Crippen LogP contribution in [0.1, 0.15) is 30.5 Å². The van der Waals surface area contributed by atoms with Crippen LogP contribution in [0.25, 0.3) is 5.76 Å². The second-order valence-electron chi connectivity index (χ2n) is 7.78. The van der Waals surface area contributed by atoms with Crippen LogP contribution >= 0.6 is 15.9 Å². The summed E-state index contributed by atoms with van der Waals surface area (Å²) in [5.41, 5.74) is 0.893. The first-order valence-electron chi connectivity index (χ1n) is 10.2. The second kappa shape index (κ2) is 8.71. The number of Topliss-reactive ketones (excluding diaryl/α,β-unsaturated/α-hetero) is 1. The van der Waals surface area contributed by atoms with Gasteiger partial charge in [-0.2, -0.15) is 0 Å². The van der Waals surface area contributed by atoms with Crippen LogP contribution in [0.2, 0.25) is 0 Å². The van der Waals surface area contributed by atoms with Crippen molar-refractivity contribution in [3.05, 3.63) is 69.7 Å². The molecule has 0 bridgehead atoms. The summed E-state index contributed by atoms with van der Waals surface area (Å²) >= 11 is 3.38. The van der Waals surface area contributed by atoms with Crippen LogP contribution in [-0.4, -0.2) is 54.3 Å². The van der Waals surface area contributed by atoms with Gasteiger partial charge in [-0.1, -0.05) is 40.2 Å². The molecule has 2 fully saturated rings. The Labute approximate surface area is 194 Å². The van der Waals surface area contributed by atoms with Crippen molar-refractivity contribution in [3.63, 3.8) is 0 Å². The SMILES string of the molecule is CCOc1cccc(C(O)=C2C(=O)C(=O)N([C@@H]3CCS(=O)(=O)C3)[C@@H]2c2ccc(Br)cc2)c1. The molecule has 4 rings (SSSR count). The van der Waals surface area contributed by atoms with Gasteiger partial charge in [0.2, 0.25) is 0 Å². The third-order valence-corrected chi connectivity index (χ3v) is 7.97. The fraction of sp³-hybridized carbons (Fsp3) is 0.304. The highest BCUT2D eigenvalue weighted by molar-refractivity contribution is 9.10. The molecule has 168 valence electrons. The fourth-order valence-electron chi connectivity index (χ4n) is 4.25. The zero-order valence-corrected chi connectivity index (χ0v) is 19.7. The zero-order chi connectivity index (χ0) is 23.0. The number of nitrogens with zero attached hydrogens (tertiary/aromatic N) is 1. The smallest absolute Gasteiger partial charge is 0.295 e. The molecule has 2 aliphatic heterocycles. The molecule has 2 aromatic rings. The van der Waals surface area contributed by atoms with Crippen LogP contribution in [0.4, 0.5) is 0 Å². The lowest BCUT2D eigenvalue weighted by Crippen LogP contribution is -2.40. The highest BCUT2D eigenvalue weighted by Gasteiger charge is 2.50. The molecule has 0 unspecified atom stereocenters. The number of carbonyl (C=O) groups excluding carboxylic acids is 2. The first kappa shape index (κ1) is 22.5. The fourth-order valence-corrected chi connectivity index (χ4v) is 6.22. The van der Waals surface area contributed by atoms with E-state index in [9.17, 15) is 23.1 Å². The van der Waals surface area contributed by atoms with Gasteiger partial charge in [-0.3, -0.25) is 9.59 Å². The normalized spacial score (nSPS) is 24.1. The summed E-state index contributed by atoms with van der Waals surface area (Å²) in [5.74, 6) is -1.67. The Morgan fingerprint density at radius 2 is 1.91 bits per heavy atom. The van der Waals surface area contributed by atoms with Gasteiger partial charge in [0.1, 0.15) is 11.5 Å². The molecule has 2 aliphatic rings. The van der Waals surface area contributed by atoms with Gasteiger partial charge in [-0.15, -0.1) is 0 Å². The number of aliphatic hydroxyl groups is 1. The minimum atomic E-state index is -3.30. The average Bonchev–Trinajstić information content (AvgIpc) is 3.25. The third-order valence-electron chi connectivity index (χ3n) is 5.69. The van der Waals surface area contributed by atoms with Gasteiger partial charge in [0, 0.05) is 16.1 Å². The number of likely N-dealkylation sites (tertiary alicyclic amines) is 1. The standard InChI is InChI=1S/C23H22BrNO6S/c1-2-31-18-5-3-4-15(12-18)21(26)19-20(14-6-8-16(24)9-7-14)25(23(28)22(19)27)17-10-11-32(29,30)13-17/h3-9,12,17,20,26H,2,10-11,13H2,1H3/t17-,20-/m1/s1. The molecule has 32 heavy (non-hydrogen) atoms. The Morgan fingerprint density at radius 3 is 2.53 bits per heavy atom. The summed E-state index contributed by atoms with van der Waals surface area (Å²) < 4.78 is 30.5. The van der Waals surface area contributed by atoms with E-state index >= 15 is 0 Å². The molecule has 2 heterocycles. The molecule has 1 N–H and O–H groups in total. The summed E-state index contributed by atoms with van der Waals surface area (Å²) in [4.78, 5) is 27.5. The molecular formula is C23H22BrNO6S. The summed E-state index contributed by atoms with van der Waals surface area (Å²) in [6, 6.07) is 12.2. The van der Waals surface area contributed by atoms with E-state index in [0.717, 1.165) is 4.47 Å². The molecule has 1 amide bonds. The Hall–Kier alpha value is -2.65. The minimum Gasteiger partial charge on any atom is -0.507 e. The number of ketones is 1. The Balaban J connectivity index is 1.87. The largest absolute Gasteiger partial charge is 0.507 e. The van der Waals surface area contributed by atoms with Crippen molar-refractivity contribution < 1.29 is 27.9 Å². The van der Waals surface area contributed by atoms with Gasteiger partial charge in [-0.25, -0.2) is 8.42 Å². The molecule has 9 heteroatoms. The van der Waals surface area contributed by atoms with Gasteiger partial charge in [0.05, 0.1) is 29.7 Å². The van der Waals surface area contributed by atoms with E-state index in [0.29, 0.717) is 23.5 Å². The summed E-state index contributed by atoms with van der Waals surface area (Å²) in [5, 5.41) is 11.1. The van der Waals surface area contributed by atoms with E-state index < -0.39 is 33.6 Å². The van der Waals surface area contributed by atoms with Gasteiger partial charge in [0.25, 0.3) is 11.7 Å². The number of hydrogen-bond donors (Lipinski definition) is 1. The minimum absolute atomic E-state index is 0.0376. The second-order valence-corrected chi connectivity index (χ2v) is 10.9. The number of sulfone groups is 1. The highest BCUT2D eigenvalue weighted by Crippen LogP contribution is 2.42. The van der Waals surface area contributed by atoms with Crippen LogP contribution in [-0.2, 0) is 19.4 Å². The molecule has 0 aliphatic carbocycles. The summed E-state index contributed by atoms with van der Waals surface area (Å²) in [7, 11) is -3.30. The number of halogens is 1. The molecule has 2 aromatic carbocycles. The van der Waals surface area contributed by atoms with E-state index in [2.05, 4.69) is 15.9 Å². The number of hydrogen-bond acceptors (Lipinski definition) is 6. The van der Waals surface area contributed by atoms with Gasteiger partial charge in [-0.05, 0) is 43.2 Å². The van der Waals surface area contributed by atoms with Crippen molar-refractivity contribution in [2.75, 3.05) is 18.1 Å². The van der Waals surface area contributed by atoms with Gasteiger partial charge in [0.15, 0.2) is 9.84 Å². The maximum atomic E-state index is 13.1. The molecule has 0 radical (unpaired) electrons.